The molecular weight excluding hydrogens is 188 g/mol. The number of amides is 1. The standard InChI is InChI=1S/C12H24N2O/c1-4-7-12(2,3)14-11(15)9-10-6-5-8-13-10/h10,13H,4-9H2,1-3H3,(H,14,15). The molecule has 1 aliphatic heterocycles. The van der Waals surface area contributed by atoms with Gasteiger partial charge >= 0.3 is 0 Å². The lowest BCUT2D eigenvalue weighted by molar-refractivity contribution is -0.123. The van der Waals surface area contributed by atoms with Crippen LogP contribution < -0.4 is 10.6 Å². The Hall–Kier alpha value is -0.570. The minimum absolute atomic E-state index is 0.0512. The van der Waals surface area contributed by atoms with Crippen LogP contribution in [0, 0.1) is 0 Å². The SMILES string of the molecule is CCCC(C)(C)NC(=O)CC1CCCN1. The molecule has 1 heterocycles. The van der Waals surface area contributed by atoms with Gasteiger partial charge in [-0.3, -0.25) is 4.79 Å². The topological polar surface area (TPSA) is 41.1 Å². The van der Waals surface area contributed by atoms with Gasteiger partial charge in [0.2, 0.25) is 5.91 Å². The van der Waals surface area contributed by atoms with Crippen LogP contribution in [0.1, 0.15) is 52.9 Å². The molecule has 0 saturated carbocycles. The molecule has 1 aliphatic rings. The second-order valence-corrected chi connectivity index (χ2v) is 5.18. The van der Waals surface area contributed by atoms with Gasteiger partial charge in [0.05, 0.1) is 0 Å². The molecule has 15 heavy (non-hydrogen) atoms. The fourth-order valence-electron chi connectivity index (χ4n) is 2.27. The number of nitrogens with one attached hydrogen (secondary N) is 2. The summed E-state index contributed by atoms with van der Waals surface area (Å²) in [5, 5.41) is 6.45. The Morgan fingerprint density at radius 1 is 1.53 bits per heavy atom. The monoisotopic (exact) mass is 212 g/mol. The van der Waals surface area contributed by atoms with E-state index in [-0.39, 0.29) is 11.4 Å². The predicted molar refractivity (Wildman–Crippen MR) is 62.8 cm³/mol. The van der Waals surface area contributed by atoms with E-state index < -0.39 is 0 Å². The Balaban J connectivity index is 2.27. The van der Waals surface area contributed by atoms with Gasteiger partial charge in [-0.25, -0.2) is 0 Å². The zero-order chi connectivity index (χ0) is 11.3. The van der Waals surface area contributed by atoms with Crippen LogP contribution in [0.15, 0.2) is 0 Å². The molecule has 3 nitrogen and oxygen atoms in total. The lowest BCUT2D eigenvalue weighted by Gasteiger charge is -2.26. The first-order valence-electron chi connectivity index (χ1n) is 6.08. The molecule has 3 heteroatoms. The molecule has 0 aromatic heterocycles. The second-order valence-electron chi connectivity index (χ2n) is 5.18. The molecule has 1 unspecified atom stereocenters. The summed E-state index contributed by atoms with van der Waals surface area (Å²) >= 11 is 0. The Bertz CT molecular complexity index is 208. The summed E-state index contributed by atoms with van der Waals surface area (Å²) in [7, 11) is 0. The lowest BCUT2D eigenvalue weighted by atomic mass is 9.98. The highest BCUT2D eigenvalue weighted by atomic mass is 16.1. The van der Waals surface area contributed by atoms with Crippen LogP contribution in [0.5, 0.6) is 0 Å². The van der Waals surface area contributed by atoms with Crippen molar-refractivity contribution < 1.29 is 4.79 Å². The number of carbonyl (C=O) groups is 1. The molecule has 0 aromatic carbocycles. The zero-order valence-electron chi connectivity index (χ0n) is 10.2. The highest BCUT2D eigenvalue weighted by molar-refractivity contribution is 5.77. The molecule has 1 fully saturated rings. The van der Waals surface area contributed by atoms with Crippen LogP contribution in [0.25, 0.3) is 0 Å². The lowest BCUT2D eigenvalue weighted by Crippen LogP contribution is -2.45. The first-order valence-corrected chi connectivity index (χ1v) is 6.08. The van der Waals surface area contributed by atoms with E-state index in [0.29, 0.717) is 12.5 Å². The van der Waals surface area contributed by atoms with Gasteiger partial charge in [-0.2, -0.15) is 0 Å². The predicted octanol–water partition coefficient (Wildman–Crippen LogP) is 1.82. The maximum Gasteiger partial charge on any atom is 0.221 e. The van der Waals surface area contributed by atoms with Gasteiger partial charge in [-0.15, -0.1) is 0 Å². The summed E-state index contributed by atoms with van der Waals surface area (Å²) in [6.07, 6.45) is 5.12. The smallest absolute Gasteiger partial charge is 0.221 e. The molecule has 1 saturated heterocycles. The van der Waals surface area contributed by atoms with Gasteiger partial charge in [-0.05, 0) is 39.7 Å². The minimum atomic E-state index is -0.0512. The van der Waals surface area contributed by atoms with E-state index in [1.807, 2.05) is 0 Å². The van der Waals surface area contributed by atoms with E-state index in [4.69, 9.17) is 0 Å². The third-order valence-corrected chi connectivity index (χ3v) is 2.95. The van der Waals surface area contributed by atoms with Gasteiger partial charge in [0.15, 0.2) is 0 Å². The quantitative estimate of drug-likeness (QED) is 0.730. The molecule has 0 aromatic rings. The highest BCUT2D eigenvalue weighted by Crippen LogP contribution is 2.13. The molecule has 0 spiro atoms. The average molecular weight is 212 g/mol. The summed E-state index contributed by atoms with van der Waals surface area (Å²) in [6.45, 7) is 7.40. The summed E-state index contributed by atoms with van der Waals surface area (Å²) in [4.78, 5) is 11.7. The van der Waals surface area contributed by atoms with Gasteiger partial charge in [0.25, 0.3) is 0 Å². The van der Waals surface area contributed by atoms with Crippen molar-refractivity contribution in [3.8, 4) is 0 Å². The van der Waals surface area contributed by atoms with Crippen molar-refractivity contribution in [3.63, 3.8) is 0 Å². The highest BCUT2D eigenvalue weighted by Gasteiger charge is 2.22. The minimum Gasteiger partial charge on any atom is -0.351 e. The first kappa shape index (κ1) is 12.5. The van der Waals surface area contributed by atoms with Crippen LogP contribution in [0.4, 0.5) is 0 Å². The summed E-state index contributed by atoms with van der Waals surface area (Å²) in [5.41, 5.74) is -0.0512. The Kier molecular flexibility index (Phi) is 4.58. The van der Waals surface area contributed by atoms with Gasteiger partial charge in [-0.1, -0.05) is 13.3 Å². The number of hydrogen-bond donors (Lipinski definition) is 2. The van der Waals surface area contributed by atoms with E-state index >= 15 is 0 Å². The summed E-state index contributed by atoms with van der Waals surface area (Å²) in [6, 6.07) is 0.405. The fraction of sp³-hybridized carbons (Fsp3) is 0.917. The maximum atomic E-state index is 11.7. The van der Waals surface area contributed by atoms with E-state index in [1.165, 1.54) is 6.42 Å². The molecule has 0 radical (unpaired) electrons. The third kappa shape index (κ3) is 4.65. The normalized spacial score (nSPS) is 21.7. The van der Waals surface area contributed by atoms with Crippen LogP contribution in [0.2, 0.25) is 0 Å². The van der Waals surface area contributed by atoms with Crippen molar-refractivity contribution >= 4 is 5.91 Å². The van der Waals surface area contributed by atoms with Crippen molar-refractivity contribution in [1.82, 2.24) is 10.6 Å². The van der Waals surface area contributed by atoms with Crippen molar-refractivity contribution in [2.24, 2.45) is 0 Å². The van der Waals surface area contributed by atoms with Crippen molar-refractivity contribution in [2.75, 3.05) is 6.54 Å². The summed E-state index contributed by atoms with van der Waals surface area (Å²) in [5.74, 6) is 0.188. The Labute approximate surface area is 93.0 Å². The first-order chi connectivity index (χ1) is 7.03. The van der Waals surface area contributed by atoms with Gasteiger partial charge < -0.3 is 10.6 Å². The van der Waals surface area contributed by atoms with Crippen molar-refractivity contribution in [1.29, 1.82) is 0 Å². The van der Waals surface area contributed by atoms with Crippen LogP contribution in [-0.4, -0.2) is 24.0 Å². The zero-order valence-corrected chi connectivity index (χ0v) is 10.2. The largest absolute Gasteiger partial charge is 0.351 e. The third-order valence-electron chi connectivity index (χ3n) is 2.95. The molecule has 88 valence electrons. The molecule has 2 N–H and O–H groups in total. The van der Waals surface area contributed by atoms with E-state index in [9.17, 15) is 4.79 Å². The maximum absolute atomic E-state index is 11.7. The Morgan fingerprint density at radius 3 is 2.80 bits per heavy atom. The van der Waals surface area contributed by atoms with Gasteiger partial charge in [0.1, 0.15) is 0 Å². The van der Waals surface area contributed by atoms with Crippen molar-refractivity contribution in [2.45, 2.75) is 64.5 Å². The average Bonchev–Trinajstić information content (AvgIpc) is 2.54. The van der Waals surface area contributed by atoms with E-state index in [0.717, 1.165) is 25.8 Å². The Morgan fingerprint density at radius 2 is 2.27 bits per heavy atom. The molecule has 1 atom stereocenters. The van der Waals surface area contributed by atoms with E-state index in [1.54, 1.807) is 0 Å². The molecule has 0 bridgehead atoms. The van der Waals surface area contributed by atoms with Crippen LogP contribution >= 0.6 is 0 Å². The van der Waals surface area contributed by atoms with Crippen LogP contribution in [-0.2, 0) is 4.79 Å². The van der Waals surface area contributed by atoms with Crippen LogP contribution in [0.3, 0.4) is 0 Å². The molecule has 0 aliphatic carbocycles. The number of hydrogen-bond acceptors (Lipinski definition) is 2. The molecular formula is C12H24N2O. The van der Waals surface area contributed by atoms with Crippen molar-refractivity contribution in [3.05, 3.63) is 0 Å². The number of rotatable bonds is 5. The second kappa shape index (κ2) is 5.50. The number of carbonyl (C=O) groups excluding carboxylic acids is 1. The summed E-state index contributed by atoms with van der Waals surface area (Å²) < 4.78 is 0. The molecule has 1 rings (SSSR count). The van der Waals surface area contributed by atoms with E-state index in [2.05, 4.69) is 31.4 Å². The van der Waals surface area contributed by atoms with Gasteiger partial charge in [0, 0.05) is 18.0 Å². The fourth-order valence-corrected chi connectivity index (χ4v) is 2.27. The molecule has 1 amide bonds.